The van der Waals surface area contributed by atoms with Crippen molar-refractivity contribution in [1.82, 2.24) is 0 Å². The summed E-state index contributed by atoms with van der Waals surface area (Å²) < 4.78 is 17.9. The molecule has 0 spiro atoms. The molecule has 0 aromatic rings. The van der Waals surface area contributed by atoms with E-state index in [1.54, 1.807) is 0 Å². The van der Waals surface area contributed by atoms with Gasteiger partial charge >= 0.3 is 0 Å². The van der Waals surface area contributed by atoms with Crippen LogP contribution in [0, 0.1) is 0 Å². The maximum absolute atomic E-state index is 12.2. The van der Waals surface area contributed by atoms with Gasteiger partial charge in [-0.15, -0.1) is 0 Å². The van der Waals surface area contributed by atoms with Crippen molar-refractivity contribution in [2.45, 2.75) is 40.2 Å². The molecule has 0 aromatic carbocycles. The van der Waals surface area contributed by atoms with Crippen molar-refractivity contribution in [1.29, 1.82) is 0 Å². The fraction of sp³-hybridized carbons (Fsp3) is 1.00. The smallest absolute Gasteiger partial charge is 0.257 e. The molecule has 0 fully saturated rings. The second-order valence-electron chi connectivity index (χ2n) is 3.28. The first kappa shape index (κ1) is 15.9. The van der Waals surface area contributed by atoms with Gasteiger partial charge in [0.2, 0.25) is 0 Å². The lowest BCUT2D eigenvalue weighted by Crippen LogP contribution is -2.04. The quantitative estimate of drug-likeness (QED) is 0.455. The Bertz CT molecular complexity index is 200. The molecule has 15 heavy (non-hydrogen) atoms. The second-order valence-corrected chi connectivity index (χ2v) is 9.85. The van der Waals surface area contributed by atoms with Gasteiger partial charge in [-0.3, -0.25) is 4.57 Å². The van der Waals surface area contributed by atoms with Gasteiger partial charge in [0.25, 0.3) is 6.57 Å². The molecule has 0 aromatic heterocycles. The fourth-order valence-electron chi connectivity index (χ4n) is 0.925. The molecule has 0 radical (unpaired) electrons. The summed E-state index contributed by atoms with van der Waals surface area (Å²) in [6, 6.07) is 0. The Kier molecular flexibility index (Phi) is 9.51. The molecule has 0 aliphatic heterocycles. The van der Waals surface area contributed by atoms with E-state index in [0.29, 0.717) is 6.16 Å². The highest BCUT2D eigenvalue weighted by atomic mass is 32.7. The van der Waals surface area contributed by atoms with Gasteiger partial charge in [-0.1, -0.05) is 32.2 Å². The highest BCUT2D eigenvalue weighted by Gasteiger charge is 2.23. The van der Waals surface area contributed by atoms with Crippen LogP contribution in [0.5, 0.6) is 0 Å². The fourth-order valence-corrected chi connectivity index (χ4v) is 6.03. The zero-order chi connectivity index (χ0) is 11.7. The van der Waals surface area contributed by atoms with Crippen LogP contribution in [0.25, 0.3) is 0 Å². The topological polar surface area (TPSA) is 26.3 Å². The molecule has 0 saturated carbocycles. The summed E-state index contributed by atoms with van der Waals surface area (Å²) in [5.74, 6) is 3.12. The van der Waals surface area contributed by atoms with Crippen LogP contribution in [0.15, 0.2) is 0 Å². The Morgan fingerprint density at radius 1 is 1.27 bits per heavy atom. The molecule has 5 heteroatoms. The Labute approximate surface area is 103 Å². The van der Waals surface area contributed by atoms with E-state index in [-0.39, 0.29) is 6.10 Å². The summed E-state index contributed by atoms with van der Waals surface area (Å²) in [4.78, 5) is 0. The molecule has 0 saturated heterocycles. The summed E-state index contributed by atoms with van der Waals surface area (Å²) in [5, 5.41) is 0. The van der Waals surface area contributed by atoms with E-state index in [4.69, 9.17) is 4.52 Å². The number of rotatable bonds is 9. The lowest BCUT2D eigenvalue weighted by Gasteiger charge is -2.20. The highest BCUT2D eigenvalue weighted by Crippen LogP contribution is 2.60. The third-order valence-electron chi connectivity index (χ3n) is 2.02. The van der Waals surface area contributed by atoms with Crippen LogP contribution in [0.3, 0.4) is 0 Å². The predicted molar refractivity (Wildman–Crippen MR) is 74.4 cm³/mol. The molecule has 0 rings (SSSR count). The van der Waals surface area contributed by atoms with Gasteiger partial charge in [-0.05, 0) is 19.1 Å². The first-order valence-electron chi connectivity index (χ1n) is 5.57. The van der Waals surface area contributed by atoms with Crippen LogP contribution in [-0.4, -0.2) is 29.5 Å². The molecule has 2 nitrogen and oxygen atoms in total. The van der Waals surface area contributed by atoms with Crippen molar-refractivity contribution in [3.05, 3.63) is 0 Å². The minimum absolute atomic E-state index is 0.113. The predicted octanol–water partition coefficient (Wildman–Crippen LogP) is 4.50. The maximum Gasteiger partial charge on any atom is 0.257 e. The van der Waals surface area contributed by atoms with Gasteiger partial charge in [0.15, 0.2) is 0 Å². The molecule has 2 atom stereocenters. The molecule has 0 aliphatic carbocycles. The van der Waals surface area contributed by atoms with Crippen LogP contribution in [0.2, 0.25) is 0 Å². The van der Waals surface area contributed by atoms with Gasteiger partial charge in [0.1, 0.15) is 0 Å². The Morgan fingerprint density at radius 3 is 2.40 bits per heavy atom. The number of thioether (sulfide) groups is 1. The summed E-state index contributed by atoms with van der Waals surface area (Å²) in [6.45, 7) is 5.73. The van der Waals surface area contributed by atoms with E-state index in [0.717, 1.165) is 23.7 Å². The molecule has 2 unspecified atom stereocenters. The van der Waals surface area contributed by atoms with Crippen molar-refractivity contribution in [3.63, 3.8) is 0 Å². The zero-order valence-corrected chi connectivity index (χ0v) is 12.7. The number of hydrogen-bond donors (Lipinski definition) is 0. The summed E-state index contributed by atoms with van der Waals surface area (Å²) in [5.41, 5.74) is 0. The summed E-state index contributed by atoms with van der Waals surface area (Å²) in [7, 11) is 0. The van der Waals surface area contributed by atoms with Crippen molar-refractivity contribution in [2.24, 2.45) is 0 Å². The zero-order valence-electron chi connectivity index (χ0n) is 10.2. The SMILES string of the molecule is CCSCCSP(=O)(CC)OC(C)CC. The van der Waals surface area contributed by atoms with Gasteiger partial charge in [-0.2, -0.15) is 11.8 Å². The van der Waals surface area contributed by atoms with Crippen molar-refractivity contribution < 1.29 is 9.09 Å². The lowest BCUT2D eigenvalue weighted by molar-refractivity contribution is 0.228. The molecule has 0 heterocycles. The van der Waals surface area contributed by atoms with Crippen LogP contribution in [0.1, 0.15) is 34.1 Å². The van der Waals surface area contributed by atoms with E-state index < -0.39 is 6.57 Å². The monoisotopic (exact) mass is 270 g/mol. The molecule has 92 valence electrons. The molecular formula is C10H23O2PS2. The third-order valence-corrected chi connectivity index (χ3v) is 8.18. The van der Waals surface area contributed by atoms with Gasteiger partial charge in [0.05, 0.1) is 6.10 Å². The second kappa shape index (κ2) is 8.98. The normalized spacial score (nSPS) is 17.3. The Hall–Kier alpha value is 0.890. The van der Waals surface area contributed by atoms with Crippen LogP contribution >= 0.6 is 29.7 Å². The Morgan fingerprint density at radius 2 is 1.93 bits per heavy atom. The molecule has 0 N–H and O–H groups in total. The molecular weight excluding hydrogens is 247 g/mol. The average molecular weight is 270 g/mol. The highest BCUT2D eigenvalue weighted by molar-refractivity contribution is 8.56. The van der Waals surface area contributed by atoms with Crippen LogP contribution < -0.4 is 0 Å². The van der Waals surface area contributed by atoms with E-state index in [9.17, 15) is 4.57 Å². The van der Waals surface area contributed by atoms with Crippen LogP contribution in [0.4, 0.5) is 0 Å². The van der Waals surface area contributed by atoms with Crippen molar-refractivity contribution in [2.75, 3.05) is 23.4 Å². The number of hydrogen-bond acceptors (Lipinski definition) is 4. The molecule has 0 bridgehead atoms. The van der Waals surface area contributed by atoms with E-state index in [1.807, 2.05) is 25.6 Å². The molecule has 0 aliphatic rings. The van der Waals surface area contributed by atoms with Crippen LogP contribution in [-0.2, 0) is 9.09 Å². The summed E-state index contributed by atoms with van der Waals surface area (Å²) >= 11 is 3.41. The average Bonchev–Trinajstić information content (AvgIpc) is 2.24. The van der Waals surface area contributed by atoms with E-state index in [2.05, 4.69) is 13.8 Å². The minimum Gasteiger partial charge on any atom is -0.318 e. The van der Waals surface area contributed by atoms with E-state index in [1.165, 1.54) is 11.4 Å². The largest absolute Gasteiger partial charge is 0.318 e. The maximum atomic E-state index is 12.2. The minimum atomic E-state index is -2.41. The summed E-state index contributed by atoms with van der Waals surface area (Å²) in [6.07, 6.45) is 1.68. The standard InChI is InChI=1S/C10H23O2PS2/c1-5-10(4)12-13(11,6-2)15-9-8-14-7-3/h10H,5-9H2,1-4H3. The van der Waals surface area contributed by atoms with E-state index >= 15 is 0 Å². The van der Waals surface area contributed by atoms with Crippen molar-refractivity contribution in [3.8, 4) is 0 Å². The Balaban J connectivity index is 3.91. The van der Waals surface area contributed by atoms with Gasteiger partial charge in [-0.25, -0.2) is 0 Å². The first-order valence-corrected chi connectivity index (χ1v) is 10.1. The van der Waals surface area contributed by atoms with Crippen molar-refractivity contribution >= 4 is 29.7 Å². The lowest BCUT2D eigenvalue weighted by atomic mass is 10.3. The first-order chi connectivity index (χ1) is 7.08. The van der Waals surface area contributed by atoms with Gasteiger partial charge < -0.3 is 4.52 Å². The third kappa shape index (κ3) is 7.73. The molecule has 0 amide bonds. The van der Waals surface area contributed by atoms with Gasteiger partial charge in [0, 0.05) is 17.7 Å².